The number of aryl methyl sites for hydroxylation is 1. The molecule has 1 unspecified atom stereocenters. The van der Waals surface area contributed by atoms with Crippen LogP contribution in [-0.4, -0.2) is 27.1 Å². The summed E-state index contributed by atoms with van der Waals surface area (Å²) in [7, 11) is 0. The Morgan fingerprint density at radius 1 is 1.35 bits per heavy atom. The molecule has 0 spiro atoms. The van der Waals surface area contributed by atoms with Crippen molar-refractivity contribution >= 4 is 11.9 Å². The number of furan rings is 1. The second kappa shape index (κ2) is 5.86. The SMILES string of the molecule is Cc1cc(C(=O)NC(C)c2nc(C(C)(C)C)no2)oc1C(=O)O. The van der Waals surface area contributed by atoms with Crippen LogP contribution in [0.4, 0.5) is 0 Å². The predicted octanol–water partition coefficient (Wildman–Crippen LogP) is 2.46. The molecule has 0 saturated carbocycles. The molecule has 0 bridgehead atoms. The molecule has 0 saturated heterocycles. The smallest absolute Gasteiger partial charge is 0.372 e. The summed E-state index contributed by atoms with van der Waals surface area (Å²) in [4.78, 5) is 27.3. The van der Waals surface area contributed by atoms with Crippen molar-refractivity contribution in [2.75, 3.05) is 0 Å². The molecule has 2 rings (SSSR count). The molecule has 0 fully saturated rings. The van der Waals surface area contributed by atoms with Crippen molar-refractivity contribution in [2.45, 2.75) is 46.1 Å². The van der Waals surface area contributed by atoms with Gasteiger partial charge in [-0.3, -0.25) is 4.79 Å². The first-order valence-corrected chi connectivity index (χ1v) is 7.08. The molecule has 0 aliphatic carbocycles. The topological polar surface area (TPSA) is 118 Å². The number of hydrogen-bond donors (Lipinski definition) is 2. The normalized spacial score (nSPS) is 12.9. The molecule has 2 aromatic heterocycles. The van der Waals surface area contributed by atoms with Gasteiger partial charge in [-0.05, 0) is 19.9 Å². The number of aromatic nitrogens is 2. The van der Waals surface area contributed by atoms with Crippen LogP contribution >= 0.6 is 0 Å². The lowest BCUT2D eigenvalue weighted by Gasteiger charge is -2.11. The Kier molecular flexibility index (Phi) is 4.26. The van der Waals surface area contributed by atoms with Crippen LogP contribution in [0.3, 0.4) is 0 Å². The lowest BCUT2D eigenvalue weighted by Crippen LogP contribution is -2.26. The maximum absolute atomic E-state index is 12.1. The van der Waals surface area contributed by atoms with Gasteiger partial charge in [-0.2, -0.15) is 4.98 Å². The lowest BCUT2D eigenvalue weighted by molar-refractivity contribution is 0.0658. The molecule has 0 aromatic carbocycles. The van der Waals surface area contributed by atoms with Gasteiger partial charge in [0.15, 0.2) is 11.6 Å². The number of carbonyl (C=O) groups excluding carboxylic acids is 1. The highest BCUT2D eigenvalue weighted by atomic mass is 16.5. The fourth-order valence-electron chi connectivity index (χ4n) is 1.85. The zero-order chi connectivity index (χ0) is 17.4. The summed E-state index contributed by atoms with van der Waals surface area (Å²) in [5.41, 5.74) is 0.114. The molecular weight excluding hydrogens is 302 g/mol. The Labute approximate surface area is 132 Å². The van der Waals surface area contributed by atoms with Crippen LogP contribution in [0.1, 0.15) is 72.1 Å². The van der Waals surface area contributed by atoms with Gasteiger partial charge in [0, 0.05) is 11.0 Å². The van der Waals surface area contributed by atoms with Gasteiger partial charge in [0.25, 0.3) is 5.91 Å². The van der Waals surface area contributed by atoms with Crippen LogP contribution < -0.4 is 5.32 Å². The third-order valence-corrected chi connectivity index (χ3v) is 3.17. The van der Waals surface area contributed by atoms with Crippen LogP contribution in [-0.2, 0) is 5.41 Å². The van der Waals surface area contributed by atoms with Crippen LogP contribution in [0.2, 0.25) is 0 Å². The summed E-state index contributed by atoms with van der Waals surface area (Å²) in [5.74, 6) is -1.30. The molecule has 8 nitrogen and oxygen atoms in total. The molecule has 124 valence electrons. The van der Waals surface area contributed by atoms with E-state index in [0.717, 1.165) is 0 Å². The van der Waals surface area contributed by atoms with E-state index in [9.17, 15) is 9.59 Å². The molecular formula is C15H19N3O5. The minimum atomic E-state index is -1.22. The number of amides is 1. The maximum Gasteiger partial charge on any atom is 0.372 e. The van der Waals surface area contributed by atoms with Crippen molar-refractivity contribution in [3.8, 4) is 0 Å². The van der Waals surface area contributed by atoms with Gasteiger partial charge in [0.05, 0.1) is 0 Å². The van der Waals surface area contributed by atoms with E-state index in [1.54, 1.807) is 13.8 Å². The van der Waals surface area contributed by atoms with Crippen molar-refractivity contribution in [1.82, 2.24) is 15.5 Å². The van der Waals surface area contributed by atoms with E-state index in [1.165, 1.54) is 6.07 Å². The van der Waals surface area contributed by atoms with Gasteiger partial charge >= 0.3 is 5.97 Å². The van der Waals surface area contributed by atoms with Gasteiger partial charge in [-0.25, -0.2) is 4.79 Å². The van der Waals surface area contributed by atoms with Crippen molar-refractivity contribution in [1.29, 1.82) is 0 Å². The van der Waals surface area contributed by atoms with E-state index in [1.807, 2.05) is 20.8 Å². The predicted molar refractivity (Wildman–Crippen MR) is 79.3 cm³/mol. The molecule has 1 amide bonds. The van der Waals surface area contributed by atoms with Crippen molar-refractivity contribution in [3.05, 3.63) is 34.9 Å². The lowest BCUT2D eigenvalue weighted by atomic mass is 9.96. The number of carboxylic acids is 1. The Balaban J connectivity index is 2.12. The third-order valence-electron chi connectivity index (χ3n) is 3.17. The first-order chi connectivity index (χ1) is 10.6. The highest BCUT2D eigenvalue weighted by Crippen LogP contribution is 2.21. The number of carbonyl (C=O) groups is 2. The Morgan fingerprint density at radius 3 is 2.48 bits per heavy atom. The standard InChI is InChI=1S/C15H19N3O5/c1-7-6-9(22-10(7)13(20)21)11(19)16-8(2)12-17-14(18-23-12)15(3,4)5/h6,8H,1-5H3,(H,16,19)(H,20,21). The summed E-state index contributed by atoms with van der Waals surface area (Å²) in [5, 5.41) is 15.5. The van der Waals surface area contributed by atoms with Crippen LogP contribution in [0.25, 0.3) is 0 Å². The summed E-state index contributed by atoms with van der Waals surface area (Å²) in [6, 6.07) is 0.838. The van der Waals surface area contributed by atoms with E-state index in [2.05, 4.69) is 15.5 Å². The molecule has 0 aliphatic rings. The summed E-state index contributed by atoms with van der Waals surface area (Å²) in [6.45, 7) is 9.09. The summed E-state index contributed by atoms with van der Waals surface area (Å²) < 4.78 is 10.2. The number of nitrogens with zero attached hydrogens (tertiary/aromatic N) is 2. The Morgan fingerprint density at radius 2 is 2.00 bits per heavy atom. The van der Waals surface area contributed by atoms with Gasteiger partial charge in [-0.15, -0.1) is 0 Å². The second-order valence-corrected chi connectivity index (χ2v) is 6.33. The van der Waals surface area contributed by atoms with E-state index in [-0.39, 0.29) is 22.8 Å². The van der Waals surface area contributed by atoms with Crippen molar-refractivity contribution in [2.24, 2.45) is 0 Å². The highest BCUT2D eigenvalue weighted by molar-refractivity contribution is 5.94. The molecule has 2 heterocycles. The van der Waals surface area contributed by atoms with E-state index < -0.39 is 17.9 Å². The van der Waals surface area contributed by atoms with E-state index >= 15 is 0 Å². The Hall–Kier alpha value is -2.64. The van der Waals surface area contributed by atoms with Gasteiger partial charge in [0.2, 0.25) is 11.7 Å². The first kappa shape index (κ1) is 16.7. The zero-order valence-electron chi connectivity index (χ0n) is 13.6. The maximum atomic E-state index is 12.1. The first-order valence-electron chi connectivity index (χ1n) is 7.08. The fourth-order valence-corrected chi connectivity index (χ4v) is 1.85. The van der Waals surface area contributed by atoms with Crippen LogP contribution in [0, 0.1) is 6.92 Å². The molecule has 0 aliphatic heterocycles. The second-order valence-electron chi connectivity index (χ2n) is 6.33. The number of aromatic carboxylic acids is 1. The van der Waals surface area contributed by atoms with Gasteiger partial charge < -0.3 is 19.4 Å². The van der Waals surface area contributed by atoms with Crippen molar-refractivity contribution < 1.29 is 23.6 Å². The molecule has 1 atom stereocenters. The number of hydrogen-bond acceptors (Lipinski definition) is 6. The molecule has 23 heavy (non-hydrogen) atoms. The summed E-state index contributed by atoms with van der Waals surface area (Å²) >= 11 is 0. The van der Waals surface area contributed by atoms with Crippen LogP contribution in [0.5, 0.6) is 0 Å². The highest BCUT2D eigenvalue weighted by Gasteiger charge is 2.25. The van der Waals surface area contributed by atoms with E-state index in [4.69, 9.17) is 14.0 Å². The minimum Gasteiger partial charge on any atom is -0.475 e. The minimum absolute atomic E-state index is 0.0812. The zero-order valence-corrected chi connectivity index (χ0v) is 13.6. The molecule has 2 aromatic rings. The number of carboxylic acid groups (broad SMARTS) is 1. The third kappa shape index (κ3) is 3.58. The molecule has 0 radical (unpaired) electrons. The quantitative estimate of drug-likeness (QED) is 0.887. The van der Waals surface area contributed by atoms with E-state index in [0.29, 0.717) is 11.4 Å². The average Bonchev–Trinajstić information content (AvgIpc) is 3.04. The fraction of sp³-hybridized carbons (Fsp3) is 0.467. The van der Waals surface area contributed by atoms with Gasteiger partial charge in [0.1, 0.15) is 6.04 Å². The van der Waals surface area contributed by atoms with Gasteiger partial charge in [-0.1, -0.05) is 25.9 Å². The molecule has 2 N–H and O–H groups in total. The monoisotopic (exact) mass is 321 g/mol. The number of nitrogens with one attached hydrogen (secondary N) is 1. The van der Waals surface area contributed by atoms with Crippen LogP contribution in [0.15, 0.2) is 15.0 Å². The molecule has 8 heteroatoms. The number of rotatable bonds is 4. The van der Waals surface area contributed by atoms with Crippen molar-refractivity contribution in [3.63, 3.8) is 0 Å². The average molecular weight is 321 g/mol. The largest absolute Gasteiger partial charge is 0.475 e. The Bertz CT molecular complexity index is 739. The summed E-state index contributed by atoms with van der Waals surface area (Å²) in [6.07, 6.45) is 0.